The Bertz CT molecular complexity index is 656. The molecule has 0 spiro atoms. The van der Waals surface area contributed by atoms with E-state index in [1.807, 2.05) is 12.1 Å². The van der Waals surface area contributed by atoms with Crippen molar-refractivity contribution in [1.82, 2.24) is 9.88 Å². The van der Waals surface area contributed by atoms with Crippen LogP contribution in [0.15, 0.2) is 48.8 Å². The number of aromatic nitrogens is 1. The molecule has 1 saturated heterocycles. The van der Waals surface area contributed by atoms with Crippen molar-refractivity contribution in [1.29, 1.82) is 0 Å². The van der Waals surface area contributed by atoms with E-state index >= 15 is 0 Å². The summed E-state index contributed by atoms with van der Waals surface area (Å²) in [6.07, 6.45) is 5.04. The molecule has 6 heteroatoms. The number of halogens is 1. The molecule has 1 amide bonds. The van der Waals surface area contributed by atoms with E-state index in [0.717, 1.165) is 18.6 Å². The van der Waals surface area contributed by atoms with Gasteiger partial charge in [0, 0.05) is 32.1 Å². The predicted molar refractivity (Wildman–Crippen MR) is 86.4 cm³/mol. The zero-order valence-corrected chi connectivity index (χ0v) is 13.2. The zero-order valence-electron chi connectivity index (χ0n) is 13.2. The van der Waals surface area contributed by atoms with Crippen molar-refractivity contribution in [3.05, 3.63) is 54.6 Å². The van der Waals surface area contributed by atoms with Gasteiger partial charge >= 0.3 is 0 Å². The molecule has 1 aliphatic rings. The van der Waals surface area contributed by atoms with Gasteiger partial charge in [-0.15, -0.1) is 0 Å². The smallest absolute Gasteiger partial charge is 0.260 e. The van der Waals surface area contributed by atoms with Crippen molar-refractivity contribution in [2.45, 2.75) is 18.9 Å². The zero-order chi connectivity index (χ0) is 16.8. The lowest BCUT2D eigenvalue weighted by molar-refractivity contribution is -0.135. The van der Waals surface area contributed by atoms with Gasteiger partial charge in [0.2, 0.25) is 0 Å². The van der Waals surface area contributed by atoms with Gasteiger partial charge in [-0.2, -0.15) is 0 Å². The van der Waals surface area contributed by atoms with Crippen LogP contribution in [0.2, 0.25) is 0 Å². The van der Waals surface area contributed by atoms with E-state index in [9.17, 15) is 9.18 Å². The number of piperidine rings is 1. The minimum absolute atomic E-state index is 0.0419. The summed E-state index contributed by atoms with van der Waals surface area (Å²) < 4.78 is 24.1. The third-order valence-corrected chi connectivity index (χ3v) is 3.91. The van der Waals surface area contributed by atoms with E-state index in [1.165, 1.54) is 24.3 Å². The van der Waals surface area contributed by atoms with Gasteiger partial charge in [0.15, 0.2) is 6.61 Å². The van der Waals surface area contributed by atoms with Crippen LogP contribution in [0.4, 0.5) is 4.39 Å². The van der Waals surface area contributed by atoms with E-state index in [1.54, 1.807) is 17.3 Å². The molecule has 3 rings (SSSR count). The van der Waals surface area contributed by atoms with Gasteiger partial charge in [-0.05, 0) is 36.4 Å². The fourth-order valence-corrected chi connectivity index (χ4v) is 2.60. The van der Waals surface area contributed by atoms with Crippen LogP contribution in [0.5, 0.6) is 11.5 Å². The van der Waals surface area contributed by atoms with E-state index in [4.69, 9.17) is 9.47 Å². The molecular formula is C18H19FN2O3. The lowest BCUT2D eigenvalue weighted by Gasteiger charge is -2.32. The van der Waals surface area contributed by atoms with Gasteiger partial charge in [0.25, 0.3) is 5.91 Å². The molecule has 0 bridgehead atoms. The quantitative estimate of drug-likeness (QED) is 0.846. The monoisotopic (exact) mass is 330 g/mol. The molecule has 0 N–H and O–H groups in total. The topological polar surface area (TPSA) is 51.7 Å². The standard InChI is InChI=1S/C18H19FN2O3/c19-14-3-5-15(6-4-14)23-13-18(22)21-10-7-16(8-11-21)24-17-2-1-9-20-12-17/h1-6,9,12,16H,7-8,10-11,13H2. The summed E-state index contributed by atoms with van der Waals surface area (Å²) in [5.41, 5.74) is 0. The van der Waals surface area contributed by atoms with Crippen molar-refractivity contribution in [3.8, 4) is 11.5 Å². The number of likely N-dealkylation sites (tertiary alicyclic amines) is 1. The Hall–Kier alpha value is -2.63. The van der Waals surface area contributed by atoms with Crippen molar-refractivity contribution in [2.75, 3.05) is 19.7 Å². The third kappa shape index (κ3) is 4.44. The lowest BCUT2D eigenvalue weighted by Crippen LogP contribution is -2.43. The lowest BCUT2D eigenvalue weighted by atomic mass is 10.1. The molecule has 1 aromatic heterocycles. The van der Waals surface area contributed by atoms with Crippen LogP contribution < -0.4 is 9.47 Å². The van der Waals surface area contributed by atoms with Gasteiger partial charge in [-0.1, -0.05) is 0 Å². The van der Waals surface area contributed by atoms with Crippen molar-refractivity contribution in [2.24, 2.45) is 0 Å². The minimum atomic E-state index is -0.329. The van der Waals surface area contributed by atoms with E-state index in [-0.39, 0.29) is 24.4 Å². The van der Waals surface area contributed by atoms with E-state index < -0.39 is 0 Å². The Labute approximate surface area is 140 Å². The van der Waals surface area contributed by atoms with Crippen LogP contribution in [-0.2, 0) is 4.79 Å². The third-order valence-electron chi connectivity index (χ3n) is 3.91. The Balaban J connectivity index is 1.42. The Kier molecular flexibility index (Phi) is 5.25. The maximum absolute atomic E-state index is 12.8. The first-order valence-electron chi connectivity index (χ1n) is 7.93. The Morgan fingerprint density at radius 3 is 2.58 bits per heavy atom. The SMILES string of the molecule is O=C(COc1ccc(F)cc1)N1CCC(Oc2cccnc2)CC1. The number of carbonyl (C=O) groups excluding carboxylic acids is 1. The summed E-state index contributed by atoms with van der Waals surface area (Å²) in [7, 11) is 0. The number of rotatable bonds is 5. The van der Waals surface area contributed by atoms with Crippen molar-refractivity contribution >= 4 is 5.91 Å². The molecule has 1 aliphatic heterocycles. The highest BCUT2D eigenvalue weighted by Gasteiger charge is 2.24. The molecule has 126 valence electrons. The van der Waals surface area contributed by atoms with Gasteiger partial charge in [0.1, 0.15) is 23.4 Å². The summed E-state index contributed by atoms with van der Waals surface area (Å²) >= 11 is 0. The molecule has 1 aromatic carbocycles. The summed E-state index contributed by atoms with van der Waals surface area (Å²) in [6, 6.07) is 9.34. The highest BCUT2D eigenvalue weighted by atomic mass is 19.1. The predicted octanol–water partition coefficient (Wildman–Crippen LogP) is 2.67. The second-order valence-corrected chi connectivity index (χ2v) is 5.63. The number of carbonyl (C=O) groups is 1. The second kappa shape index (κ2) is 7.77. The van der Waals surface area contributed by atoms with E-state index in [2.05, 4.69) is 4.98 Å². The minimum Gasteiger partial charge on any atom is -0.489 e. The average molecular weight is 330 g/mol. The largest absolute Gasteiger partial charge is 0.489 e. The van der Waals surface area contributed by atoms with Crippen LogP contribution in [0.3, 0.4) is 0 Å². The number of ether oxygens (including phenoxy) is 2. The number of amides is 1. The van der Waals surface area contributed by atoms with Crippen LogP contribution in [0, 0.1) is 5.82 Å². The molecule has 0 aliphatic carbocycles. The molecule has 0 unspecified atom stereocenters. The summed E-state index contributed by atoms with van der Waals surface area (Å²) in [6.45, 7) is 1.23. The normalized spacial score (nSPS) is 15.1. The van der Waals surface area contributed by atoms with Gasteiger partial charge in [-0.3, -0.25) is 9.78 Å². The van der Waals surface area contributed by atoms with Crippen LogP contribution in [-0.4, -0.2) is 41.6 Å². The number of hydrogen-bond acceptors (Lipinski definition) is 4. The summed E-state index contributed by atoms with van der Waals surface area (Å²) in [5.74, 6) is 0.838. The van der Waals surface area contributed by atoms with Gasteiger partial charge in [0.05, 0.1) is 6.20 Å². The molecule has 5 nitrogen and oxygen atoms in total. The molecule has 2 aromatic rings. The number of pyridine rings is 1. The van der Waals surface area contributed by atoms with Crippen LogP contribution >= 0.6 is 0 Å². The van der Waals surface area contributed by atoms with Crippen LogP contribution in [0.1, 0.15) is 12.8 Å². The van der Waals surface area contributed by atoms with E-state index in [0.29, 0.717) is 18.8 Å². The second-order valence-electron chi connectivity index (χ2n) is 5.63. The highest BCUT2D eigenvalue weighted by molar-refractivity contribution is 5.77. The fourth-order valence-electron chi connectivity index (χ4n) is 2.60. The fraction of sp³-hybridized carbons (Fsp3) is 0.333. The molecule has 2 heterocycles. The Morgan fingerprint density at radius 1 is 1.17 bits per heavy atom. The molecular weight excluding hydrogens is 311 g/mol. The molecule has 1 fully saturated rings. The highest BCUT2D eigenvalue weighted by Crippen LogP contribution is 2.18. The van der Waals surface area contributed by atoms with Crippen molar-refractivity contribution in [3.63, 3.8) is 0 Å². The molecule has 0 saturated carbocycles. The summed E-state index contributed by atoms with van der Waals surface area (Å²) in [5, 5.41) is 0. The maximum atomic E-state index is 12.8. The summed E-state index contributed by atoms with van der Waals surface area (Å²) in [4.78, 5) is 18.0. The average Bonchev–Trinajstić information content (AvgIpc) is 2.62. The van der Waals surface area contributed by atoms with Gasteiger partial charge in [-0.25, -0.2) is 4.39 Å². The van der Waals surface area contributed by atoms with Crippen molar-refractivity contribution < 1.29 is 18.7 Å². The number of hydrogen-bond donors (Lipinski definition) is 0. The van der Waals surface area contributed by atoms with Crippen LogP contribution in [0.25, 0.3) is 0 Å². The molecule has 0 atom stereocenters. The molecule has 24 heavy (non-hydrogen) atoms. The maximum Gasteiger partial charge on any atom is 0.260 e. The first kappa shape index (κ1) is 16.2. The number of nitrogens with zero attached hydrogens (tertiary/aromatic N) is 2. The van der Waals surface area contributed by atoms with Gasteiger partial charge < -0.3 is 14.4 Å². The first-order chi connectivity index (χ1) is 11.7. The first-order valence-corrected chi connectivity index (χ1v) is 7.93. The molecule has 0 radical (unpaired) electrons. The Morgan fingerprint density at radius 2 is 1.92 bits per heavy atom. The number of benzene rings is 1.